The molecule has 1 saturated heterocycles. The van der Waals surface area contributed by atoms with E-state index in [0.29, 0.717) is 5.25 Å². The molecule has 0 radical (unpaired) electrons. The highest BCUT2D eigenvalue weighted by atomic mass is 32.2. The third-order valence-electron chi connectivity index (χ3n) is 1.63. The molecule has 0 bridgehead atoms. The van der Waals surface area contributed by atoms with Crippen LogP contribution in [-0.2, 0) is 4.79 Å². The summed E-state index contributed by atoms with van der Waals surface area (Å²) in [4.78, 5) is 10.4. The van der Waals surface area contributed by atoms with Crippen molar-refractivity contribution >= 4 is 30.4 Å². The molecule has 1 aliphatic rings. The summed E-state index contributed by atoms with van der Waals surface area (Å²) in [6.07, 6.45) is 0.795. The van der Waals surface area contributed by atoms with Crippen LogP contribution in [0.25, 0.3) is 0 Å². The molecule has 1 rings (SSSR count). The van der Waals surface area contributed by atoms with Crippen molar-refractivity contribution in [1.29, 1.82) is 0 Å². The van der Waals surface area contributed by atoms with Crippen LogP contribution in [0.5, 0.6) is 0 Å². The Balaban J connectivity index is 2.35. The van der Waals surface area contributed by atoms with Crippen LogP contribution in [0.3, 0.4) is 0 Å². The topological polar surface area (TPSA) is 37.3 Å². The summed E-state index contributed by atoms with van der Waals surface area (Å²) in [7, 11) is 0. The smallest absolute Gasteiger partial charge is 0.307 e. The molecule has 1 heterocycles. The van der Waals surface area contributed by atoms with Crippen molar-refractivity contribution in [3.63, 3.8) is 0 Å². The van der Waals surface area contributed by atoms with Gasteiger partial charge >= 0.3 is 5.97 Å². The lowest BCUT2D eigenvalue weighted by Gasteiger charge is -2.01. The van der Waals surface area contributed by atoms with Crippen molar-refractivity contribution in [2.24, 2.45) is 5.92 Å². The van der Waals surface area contributed by atoms with E-state index in [1.807, 2.05) is 0 Å². The van der Waals surface area contributed by atoms with Crippen LogP contribution in [0.1, 0.15) is 6.42 Å². The molecule has 1 aliphatic heterocycles. The first-order valence-corrected chi connectivity index (χ1v) is 4.87. The molecular weight excluding hydrogens is 168 g/mol. The molecule has 0 saturated carbocycles. The second-order valence-corrected chi connectivity index (χ2v) is 4.11. The molecule has 1 N–H and O–H groups in total. The van der Waals surface area contributed by atoms with Crippen molar-refractivity contribution in [3.05, 3.63) is 0 Å². The average molecular weight is 178 g/mol. The van der Waals surface area contributed by atoms with E-state index in [-0.39, 0.29) is 5.92 Å². The first-order valence-electron chi connectivity index (χ1n) is 3.19. The van der Waals surface area contributed by atoms with Gasteiger partial charge in [-0.25, -0.2) is 0 Å². The normalized spacial score (nSPS) is 32.5. The Kier molecular flexibility index (Phi) is 2.92. The number of aliphatic carboxylic acids is 1. The van der Waals surface area contributed by atoms with E-state index in [2.05, 4.69) is 12.6 Å². The van der Waals surface area contributed by atoms with Crippen molar-refractivity contribution in [2.45, 2.75) is 11.7 Å². The Bertz CT molecular complexity index is 138. The van der Waals surface area contributed by atoms with Crippen LogP contribution in [0.15, 0.2) is 0 Å². The second-order valence-electron chi connectivity index (χ2n) is 2.41. The highest BCUT2D eigenvalue weighted by Crippen LogP contribution is 2.31. The molecule has 0 amide bonds. The summed E-state index contributed by atoms with van der Waals surface area (Å²) in [5, 5.41) is 9.05. The number of rotatable bonds is 2. The fourth-order valence-electron chi connectivity index (χ4n) is 1.01. The van der Waals surface area contributed by atoms with E-state index >= 15 is 0 Å². The minimum Gasteiger partial charge on any atom is -0.481 e. The first kappa shape index (κ1) is 8.27. The minimum absolute atomic E-state index is 0.123. The van der Waals surface area contributed by atoms with Gasteiger partial charge in [0.05, 0.1) is 5.92 Å². The fraction of sp³-hybridized carbons (Fsp3) is 0.833. The molecule has 2 atom stereocenters. The van der Waals surface area contributed by atoms with Crippen LogP contribution >= 0.6 is 24.4 Å². The summed E-state index contributed by atoms with van der Waals surface area (Å²) in [6.45, 7) is 0. The number of hydrogen-bond acceptors (Lipinski definition) is 3. The Morgan fingerprint density at radius 3 is 2.80 bits per heavy atom. The lowest BCUT2D eigenvalue weighted by Crippen LogP contribution is -2.13. The van der Waals surface area contributed by atoms with E-state index in [9.17, 15) is 4.79 Å². The Morgan fingerprint density at radius 2 is 2.50 bits per heavy atom. The molecule has 58 valence electrons. The van der Waals surface area contributed by atoms with Gasteiger partial charge in [0.2, 0.25) is 0 Å². The SMILES string of the molecule is O=C(O)[C@@H]1CS[C@@H](CS)C1. The molecule has 4 heteroatoms. The molecule has 0 spiro atoms. The zero-order chi connectivity index (χ0) is 7.56. The van der Waals surface area contributed by atoms with E-state index in [4.69, 9.17) is 5.11 Å². The summed E-state index contributed by atoms with van der Waals surface area (Å²) in [6, 6.07) is 0. The quantitative estimate of drug-likeness (QED) is 0.622. The predicted octanol–water partition coefficient (Wildman–Crippen LogP) is 1.12. The fourth-order valence-corrected chi connectivity index (χ4v) is 2.73. The minimum atomic E-state index is -0.656. The van der Waals surface area contributed by atoms with Crippen molar-refractivity contribution in [1.82, 2.24) is 0 Å². The van der Waals surface area contributed by atoms with Crippen LogP contribution < -0.4 is 0 Å². The van der Waals surface area contributed by atoms with E-state index in [1.54, 1.807) is 11.8 Å². The summed E-state index contributed by atoms with van der Waals surface area (Å²) >= 11 is 5.83. The monoisotopic (exact) mass is 178 g/mol. The number of thioether (sulfide) groups is 1. The molecular formula is C6H10O2S2. The van der Waals surface area contributed by atoms with Gasteiger partial charge in [0.1, 0.15) is 0 Å². The lowest BCUT2D eigenvalue weighted by atomic mass is 10.1. The Labute approximate surface area is 69.8 Å². The van der Waals surface area contributed by atoms with Gasteiger partial charge in [-0.2, -0.15) is 24.4 Å². The van der Waals surface area contributed by atoms with Gasteiger partial charge in [0.15, 0.2) is 0 Å². The van der Waals surface area contributed by atoms with Gasteiger partial charge in [0, 0.05) is 16.8 Å². The molecule has 0 aromatic carbocycles. The van der Waals surface area contributed by atoms with Gasteiger partial charge in [0.25, 0.3) is 0 Å². The summed E-state index contributed by atoms with van der Waals surface area (Å²) in [5.41, 5.74) is 0. The van der Waals surface area contributed by atoms with Crippen LogP contribution in [-0.4, -0.2) is 27.8 Å². The highest BCUT2D eigenvalue weighted by molar-refractivity contribution is 8.00. The van der Waals surface area contributed by atoms with Gasteiger partial charge in [-0.3, -0.25) is 4.79 Å². The molecule has 0 aromatic rings. The zero-order valence-electron chi connectivity index (χ0n) is 5.49. The third-order valence-corrected chi connectivity index (χ3v) is 3.75. The lowest BCUT2D eigenvalue weighted by molar-refractivity contribution is -0.140. The van der Waals surface area contributed by atoms with Crippen molar-refractivity contribution in [3.8, 4) is 0 Å². The zero-order valence-corrected chi connectivity index (χ0v) is 7.20. The van der Waals surface area contributed by atoms with E-state index in [1.165, 1.54) is 0 Å². The maximum Gasteiger partial charge on any atom is 0.307 e. The molecule has 0 aromatic heterocycles. The largest absolute Gasteiger partial charge is 0.481 e. The van der Waals surface area contributed by atoms with E-state index < -0.39 is 5.97 Å². The van der Waals surface area contributed by atoms with Crippen LogP contribution in [0.4, 0.5) is 0 Å². The molecule has 2 nitrogen and oxygen atoms in total. The standard InChI is InChI=1S/C6H10O2S2/c7-6(8)4-1-5(2-9)10-3-4/h4-5,9H,1-3H2,(H,7,8)/t4-,5+/m0/s1. The first-order chi connectivity index (χ1) is 4.74. The summed E-state index contributed by atoms with van der Waals surface area (Å²) < 4.78 is 0. The Morgan fingerprint density at radius 1 is 1.80 bits per heavy atom. The van der Waals surface area contributed by atoms with Crippen molar-refractivity contribution < 1.29 is 9.90 Å². The predicted molar refractivity (Wildman–Crippen MR) is 45.8 cm³/mol. The average Bonchev–Trinajstić information content (AvgIpc) is 2.34. The molecule has 0 unspecified atom stereocenters. The second kappa shape index (κ2) is 3.53. The van der Waals surface area contributed by atoms with Gasteiger partial charge in [-0.05, 0) is 6.42 Å². The van der Waals surface area contributed by atoms with Gasteiger partial charge < -0.3 is 5.11 Å². The summed E-state index contributed by atoms with van der Waals surface area (Å²) in [5.74, 6) is 0.786. The highest BCUT2D eigenvalue weighted by Gasteiger charge is 2.29. The molecule has 0 aliphatic carbocycles. The maximum atomic E-state index is 10.4. The number of carbonyl (C=O) groups is 1. The van der Waals surface area contributed by atoms with Crippen LogP contribution in [0.2, 0.25) is 0 Å². The number of carboxylic acid groups (broad SMARTS) is 1. The molecule has 10 heavy (non-hydrogen) atoms. The van der Waals surface area contributed by atoms with E-state index in [0.717, 1.165) is 17.9 Å². The maximum absolute atomic E-state index is 10.4. The van der Waals surface area contributed by atoms with Crippen LogP contribution in [0, 0.1) is 5.92 Å². The number of thiol groups is 1. The number of hydrogen-bond donors (Lipinski definition) is 2. The Hall–Kier alpha value is 0.170. The van der Waals surface area contributed by atoms with Gasteiger partial charge in [-0.15, -0.1) is 0 Å². The van der Waals surface area contributed by atoms with Crippen molar-refractivity contribution in [2.75, 3.05) is 11.5 Å². The number of carboxylic acids is 1. The van der Waals surface area contributed by atoms with Gasteiger partial charge in [-0.1, -0.05) is 0 Å². The third kappa shape index (κ3) is 1.83. The molecule has 1 fully saturated rings.